The third kappa shape index (κ3) is 4.68. The molecular formula is C30H23ClO. The Kier molecular flexibility index (Phi) is 6.57. The van der Waals surface area contributed by atoms with Crippen LogP contribution in [0.1, 0.15) is 29.2 Å². The van der Waals surface area contributed by atoms with Gasteiger partial charge in [0.25, 0.3) is 0 Å². The molecule has 0 aromatic heterocycles. The first kappa shape index (κ1) is 21.7. The molecule has 156 valence electrons. The number of allylic oxidation sites excluding steroid dienone is 1. The summed E-state index contributed by atoms with van der Waals surface area (Å²) in [6.07, 6.45) is 0. The van der Waals surface area contributed by atoms with E-state index in [0.717, 1.165) is 22.3 Å². The van der Waals surface area contributed by atoms with E-state index in [1.165, 1.54) is 0 Å². The van der Waals surface area contributed by atoms with Crippen LogP contribution in [0.3, 0.4) is 0 Å². The number of hydrogen-bond donors (Lipinski definition) is 1. The Labute approximate surface area is 194 Å². The third-order valence-corrected chi connectivity index (χ3v) is 5.70. The minimum Gasteiger partial charge on any atom is -0.381 e. The lowest BCUT2D eigenvalue weighted by Gasteiger charge is -2.30. The molecule has 0 fully saturated rings. The van der Waals surface area contributed by atoms with Crippen LogP contribution in [0.15, 0.2) is 115 Å². The topological polar surface area (TPSA) is 20.2 Å². The quantitative estimate of drug-likeness (QED) is 0.266. The van der Waals surface area contributed by atoms with Crippen molar-refractivity contribution in [3.8, 4) is 11.8 Å². The summed E-state index contributed by atoms with van der Waals surface area (Å²) >= 11 is 6.55. The number of aliphatic hydroxyl groups is 1. The van der Waals surface area contributed by atoms with E-state index in [-0.39, 0.29) is 0 Å². The molecule has 0 aliphatic carbocycles. The van der Waals surface area contributed by atoms with Crippen LogP contribution in [-0.4, -0.2) is 5.11 Å². The van der Waals surface area contributed by atoms with Crippen LogP contribution in [0.5, 0.6) is 0 Å². The van der Waals surface area contributed by atoms with Gasteiger partial charge in [-0.3, -0.25) is 0 Å². The summed E-state index contributed by atoms with van der Waals surface area (Å²) in [5.41, 5.74) is 3.45. The van der Waals surface area contributed by atoms with Gasteiger partial charge in [0.2, 0.25) is 0 Å². The van der Waals surface area contributed by atoms with Crippen molar-refractivity contribution in [1.82, 2.24) is 0 Å². The van der Waals surface area contributed by atoms with Crippen molar-refractivity contribution in [3.05, 3.63) is 143 Å². The van der Waals surface area contributed by atoms with Crippen molar-refractivity contribution in [2.24, 2.45) is 0 Å². The maximum atomic E-state index is 12.0. The molecule has 0 spiro atoms. The Morgan fingerprint density at radius 1 is 0.688 bits per heavy atom. The maximum Gasteiger partial charge on any atom is 0.115 e. The molecule has 1 unspecified atom stereocenters. The van der Waals surface area contributed by atoms with E-state index in [2.05, 4.69) is 11.8 Å². The smallest absolute Gasteiger partial charge is 0.115 e. The Bertz CT molecular complexity index is 1280. The molecule has 0 amide bonds. The second-order valence-corrected chi connectivity index (χ2v) is 8.06. The fourth-order valence-electron chi connectivity index (χ4n) is 3.80. The second kappa shape index (κ2) is 9.71. The predicted octanol–water partition coefficient (Wildman–Crippen LogP) is 7.21. The van der Waals surface area contributed by atoms with Crippen molar-refractivity contribution in [1.29, 1.82) is 0 Å². The van der Waals surface area contributed by atoms with Crippen molar-refractivity contribution in [3.63, 3.8) is 0 Å². The summed E-state index contributed by atoms with van der Waals surface area (Å²) in [6.45, 7) is 1.78. The standard InChI is InChI=1S/C30H23ClO/c1-30(32,27-19-11-12-20-28(27)31)29(25-17-9-4-10-18-25)26(24-15-7-3-8-16-24)22-21-23-13-5-2-6-14-23/h2-20,32H,1H3/b29-26+. The average Bonchev–Trinajstić information content (AvgIpc) is 2.83. The predicted molar refractivity (Wildman–Crippen MR) is 134 cm³/mol. The molecule has 0 bridgehead atoms. The molecule has 0 radical (unpaired) electrons. The fraction of sp³-hybridized carbons (Fsp3) is 0.0667. The highest BCUT2D eigenvalue weighted by Crippen LogP contribution is 2.43. The second-order valence-electron chi connectivity index (χ2n) is 7.65. The van der Waals surface area contributed by atoms with E-state index < -0.39 is 5.60 Å². The summed E-state index contributed by atoms with van der Waals surface area (Å²) < 4.78 is 0. The SMILES string of the molecule is CC(O)(/C(=C(\C#Cc1ccccc1)c1ccccc1)c1ccccc1)c1ccccc1Cl. The lowest BCUT2D eigenvalue weighted by molar-refractivity contribution is 0.123. The fourth-order valence-corrected chi connectivity index (χ4v) is 4.12. The number of halogens is 1. The van der Waals surface area contributed by atoms with E-state index >= 15 is 0 Å². The van der Waals surface area contributed by atoms with Crippen LogP contribution in [-0.2, 0) is 5.60 Å². The van der Waals surface area contributed by atoms with Crippen LogP contribution in [0.25, 0.3) is 11.1 Å². The Morgan fingerprint density at radius 3 is 1.78 bits per heavy atom. The molecule has 1 N–H and O–H groups in total. The van der Waals surface area contributed by atoms with E-state index in [1.807, 2.05) is 109 Å². The van der Waals surface area contributed by atoms with Gasteiger partial charge in [0.15, 0.2) is 0 Å². The summed E-state index contributed by atoms with van der Waals surface area (Å²) in [7, 11) is 0. The first-order valence-corrected chi connectivity index (χ1v) is 10.8. The van der Waals surface area contributed by atoms with Crippen LogP contribution in [0.4, 0.5) is 0 Å². The molecule has 4 aromatic rings. The molecule has 2 heteroatoms. The third-order valence-electron chi connectivity index (χ3n) is 5.37. The molecule has 1 atom stereocenters. The van der Waals surface area contributed by atoms with Crippen LogP contribution >= 0.6 is 11.6 Å². The van der Waals surface area contributed by atoms with Crippen LogP contribution in [0, 0.1) is 11.8 Å². The van der Waals surface area contributed by atoms with Gasteiger partial charge in [0.1, 0.15) is 5.60 Å². The van der Waals surface area contributed by atoms with Gasteiger partial charge in [-0.25, -0.2) is 0 Å². The number of benzene rings is 4. The summed E-state index contributed by atoms with van der Waals surface area (Å²) in [5.74, 6) is 6.65. The maximum absolute atomic E-state index is 12.0. The molecule has 1 nitrogen and oxygen atoms in total. The van der Waals surface area contributed by atoms with Gasteiger partial charge in [-0.15, -0.1) is 0 Å². The normalized spacial score (nSPS) is 13.3. The van der Waals surface area contributed by atoms with Gasteiger partial charge in [-0.05, 0) is 36.2 Å². The van der Waals surface area contributed by atoms with Gasteiger partial charge in [0, 0.05) is 27.3 Å². The first-order chi connectivity index (χ1) is 15.6. The van der Waals surface area contributed by atoms with Gasteiger partial charge in [-0.2, -0.15) is 0 Å². The Morgan fingerprint density at radius 2 is 1.19 bits per heavy atom. The molecule has 0 heterocycles. The molecule has 4 rings (SSSR count). The monoisotopic (exact) mass is 434 g/mol. The Hall–Kier alpha value is -3.57. The van der Waals surface area contributed by atoms with Gasteiger partial charge < -0.3 is 5.11 Å². The zero-order valence-electron chi connectivity index (χ0n) is 17.8. The molecule has 4 aromatic carbocycles. The average molecular weight is 435 g/mol. The molecular weight excluding hydrogens is 412 g/mol. The van der Waals surface area contributed by atoms with E-state index in [1.54, 1.807) is 13.0 Å². The van der Waals surface area contributed by atoms with Crippen LogP contribution in [0.2, 0.25) is 5.02 Å². The lowest BCUT2D eigenvalue weighted by atomic mass is 9.79. The van der Waals surface area contributed by atoms with Gasteiger partial charge in [0.05, 0.1) is 0 Å². The van der Waals surface area contributed by atoms with Crippen molar-refractivity contribution < 1.29 is 5.11 Å². The molecule has 0 aliphatic rings. The summed E-state index contributed by atoms with van der Waals surface area (Å²) in [6, 6.07) is 37.1. The van der Waals surface area contributed by atoms with E-state index in [0.29, 0.717) is 16.2 Å². The lowest BCUT2D eigenvalue weighted by Crippen LogP contribution is -2.25. The van der Waals surface area contributed by atoms with Gasteiger partial charge in [-0.1, -0.05) is 121 Å². The highest BCUT2D eigenvalue weighted by molar-refractivity contribution is 6.31. The molecule has 0 saturated heterocycles. The van der Waals surface area contributed by atoms with Gasteiger partial charge >= 0.3 is 0 Å². The van der Waals surface area contributed by atoms with Crippen molar-refractivity contribution in [2.45, 2.75) is 12.5 Å². The highest BCUT2D eigenvalue weighted by Gasteiger charge is 2.33. The Balaban J connectivity index is 2.05. The molecule has 0 saturated carbocycles. The minimum atomic E-state index is -1.38. The highest BCUT2D eigenvalue weighted by atomic mass is 35.5. The minimum absolute atomic E-state index is 0.509. The van der Waals surface area contributed by atoms with E-state index in [4.69, 9.17) is 11.6 Å². The van der Waals surface area contributed by atoms with Crippen LogP contribution < -0.4 is 0 Å². The number of hydrogen-bond acceptors (Lipinski definition) is 1. The summed E-state index contributed by atoms with van der Waals surface area (Å²) in [5, 5.41) is 12.5. The van der Waals surface area contributed by atoms with Crippen molar-refractivity contribution >= 4 is 22.7 Å². The first-order valence-electron chi connectivity index (χ1n) is 10.5. The number of rotatable bonds is 4. The van der Waals surface area contributed by atoms with E-state index in [9.17, 15) is 5.11 Å². The largest absolute Gasteiger partial charge is 0.381 e. The summed E-state index contributed by atoms with van der Waals surface area (Å²) in [4.78, 5) is 0. The zero-order chi connectivity index (χ0) is 22.4. The molecule has 0 aliphatic heterocycles. The van der Waals surface area contributed by atoms with Crippen molar-refractivity contribution in [2.75, 3.05) is 0 Å². The zero-order valence-corrected chi connectivity index (χ0v) is 18.6. The molecule has 32 heavy (non-hydrogen) atoms.